The van der Waals surface area contributed by atoms with Gasteiger partial charge in [0.1, 0.15) is 5.69 Å². The topological polar surface area (TPSA) is 57.8 Å². The van der Waals surface area contributed by atoms with Crippen LogP contribution in [0.5, 0.6) is 0 Å². The zero-order valence-corrected chi connectivity index (χ0v) is 10.2. The Morgan fingerprint density at radius 1 is 1.35 bits per heavy atom. The number of aromatic amines is 1. The minimum atomic E-state index is 0.0251. The molecule has 0 radical (unpaired) electrons. The predicted octanol–water partition coefficient (Wildman–Crippen LogP) is 2.63. The van der Waals surface area contributed by atoms with Gasteiger partial charge in [-0.1, -0.05) is 18.2 Å². The van der Waals surface area contributed by atoms with Gasteiger partial charge in [0.25, 0.3) is 0 Å². The van der Waals surface area contributed by atoms with Crippen LogP contribution in [0.1, 0.15) is 23.0 Å². The molecule has 0 saturated carbocycles. The Kier molecular flexibility index (Phi) is 2.95. The fourth-order valence-corrected chi connectivity index (χ4v) is 1.96. The molecule has 1 aromatic heterocycles. The number of carbonyl (C=O) groups is 1. The third-order valence-corrected chi connectivity index (χ3v) is 2.75. The number of nitrogens with one attached hydrogen (secondary N) is 2. The lowest BCUT2D eigenvalue weighted by Gasteiger charge is -2.07. The van der Waals surface area contributed by atoms with E-state index in [2.05, 4.69) is 15.5 Å². The number of ketones is 1. The highest BCUT2D eigenvalue weighted by atomic mass is 16.1. The fourth-order valence-electron chi connectivity index (χ4n) is 1.96. The number of hydrogen-bond donors (Lipinski definition) is 2. The molecule has 0 saturated heterocycles. The second-order valence-corrected chi connectivity index (χ2v) is 3.92. The van der Waals surface area contributed by atoms with E-state index in [4.69, 9.17) is 0 Å². The molecule has 0 amide bonds. The van der Waals surface area contributed by atoms with Gasteiger partial charge in [-0.2, -0.15) is 5.10 Å². The molecule has 0 aliphatic carbocycles. The average molecular weight is 229 g/mol. The van der Waals surface area contributed by atoms with Crippen LogP contribution in [0.25, 0.3) is 11.3 Å². The Balaban J connectivity index is 2.65. The highest BCUT2D eigenvalue weighted by Gasteiger charge is 2.17. The van der Waals surface area contributed by atoms with Crippen molar-refractivity contribution in [3.8, 4) is 11.3 Å². The number of rotatable bonds is 3. The summed E-state index contributed by atoms with van der Waals surface area (Å²) < 4.78 is 0. The van der Waals surface area contributed by atoms with Gasteiger partial charge in [0.2, 0.25) is 0 Å². The van der Waals surface area contributed by atoms with Crippen LogP contribution in [-0.2, 0) is 0 Å². The van der Waals surface area contributed by atoms with E-state index in [1.807, 2.05) is 38.2 Å². The number of hydrogen-bond acceptors (Lipinski definition) is 3. The van der Waals surface area contributed by atoms with E-state index in [0.717, 1.165) is 16.9 Å². The number of para-hydroxylation sites is 1. The molecule has 88 valence electrons. The summed E-state index contributed by atoms with van der Waals surface area (Å²) in [6, 6.07) is 7.80. The summed E-state index contributed by atoms with van der Waals surface area (Å²) in [6.07, 6.45) is 0. The van der Waals surface area contributed by atoms with Gasteiger partial charge in [0.15, 0.2) is 5.78 Å². The lowest BCUT2D eigenvalue weighted by Crippen LogP contribution is -1.98. The molecule has 1 aromatic carbocycles. The normalized spacial score (nSPS) is 10.3. The number of aryl methyl sites for hydroxylation is 1. The molecule has 0 bridgehead atoms. The maximum atomic E-state index is 11.6. The van der Waals surface area contributed by atoms with Crippen molar-refractivity contribution >= 4 is 11.5 Å². The Morgan fingerprint density at radius 3 is 2.71 bits per heavy atom. The molecule has 2 rings (SSSR count). The van der Waals surface area contributed by atoms with Crippen LogP contribution in [-0.4, -0.2) is 23.0 Å². The first kappa shape index (κ1) is 11.4. The summed E-state index contributed by atoms with van der Waals surface area (Å²) in [7, 11) is 1.85. The number of carbonyl (C=O) groups excluding carboxylic acids is 1. The smallest absolute Gasteiger partial charge is 0.163 e. The molecule has 17 heavy (non-hydrogen) atoms. The second-order valence-electron chi connectivity index (χ2n) is 3.92. The SMILES string of the molecule is CNc1ccccc1-c1n[nH]c(C)c1C(C)=O. The van der Waals surface area contributed by atoms with Crippen LogP contribution in [0.2, 0.25) is 0 Å². The summed E-state index contributed by atoms with van der Waals surface area (Å²) in [5.41, 5.74) is 4.07. The first-order valence-electron chi connectivity index (χ1n) is 5.48. The first-order chi connectivity index (χ1) is 8.15. The summed E-state index contributed by atoms with van der Waals surface area (Å²) >= 11 is 0. The van der Waals surface area contributed by atoms with Gasteiger partial charge in [0.05, 0.1) is 5.56 Å². The van der Waals surface area contributed by atoms with Crippen LogP contribution < -0.4 is 5.32 Å². The third kappa shape index (κ3) is 1.93. The summed E-state index contributed by atoms with van der Waals surface area (Å²) in [6.45, 7) is 3.42. The number of anilines is 1. The molecular weight excluding hydrogens is 214 g/mol. The van der Waals surface area contributed by atoms with E-state index >= 15 is 0 Å². The number of aromatic nitrogens is 2. The monoisotopic (exact) mass is 229 g/mol. The number of H-pyrrole nitrogens is 1. The molecule has 0 aliphatic rings. The van der Waals surface area contributed by atoms with Crippen LogP contribution in [0.15, 0.2) is 24.3 Å². The molecule has 2 N–H and O–H groups in total. The summed E-state index contributed by atoms with van der Waals surface area (Å²) in [5.74, 6) is 0.0251. The zero-order chi connectivity index (χ0) is 12.4. The number of benzene rings is 1. The van der Waals surface area contributed by atoms with Gasteiger partial charge in [-0.25, -0.2) is 0 Å². The Hall–Kier alpha value is -2.10. The molecule has 0 unspecified atom stereocenters. The van der Waals surface area contributed by atoms with Crippen molar-refractivity contribution in [3.63, 3.8) is 0 Å². The Labute approximate surface area is 100 Å². The lowest BCUT2D eigenvalue weighted by atomic mass is 10.0. The second kappa shape index (κ2) is 4.41. The minimum absolute atomic E-state index is 0.0251. The molecule has 0 spiro atoms. The maximum absolute atomic E-state index is 11.6. The van der Waals surface area contributed by atoms with E-state index in [1.54, 1.807) is 6.92 Å². The van der Waals surface area contributed by atoms with Crippen molar-refractivity contribution in [2.24, 2.45) is 0 Å². The number of nitrogens with zero attached hydrogens (tertiary/aromatic N) is 1. The van der Waals surface area contributed by atoms with Crippen molar-refractivity contribution < 1.29 is 4.79 Å². The van der Waals surface area contributed by atoms with E-state index in [1.165, 1.54) is 0 Å². The van der Waals surface area contributed by atoms with Crippen molar-refractivity contribution in [1.29, 1.82) is 0 Å². The highest BCUT2D eigenvalue weighted by Crippen LogP contribution is 2.30. The largest absolute Gasteiger partial charge is 0.388 e. The molecule has 4 nitrogen and oxygen atoms in total. The molecule has 0 fully saturated rings. The van der Waals surface area contributed by atoms with Crippen LogP contribution in [0.3, 0.4) is 0 Å². The van der Waals surface area contributed by atoms with Gasteiger partial charge in [0, 0.05) is 24.0 Å². The van der Waals surface area contributed by atoms with Crippen molar-refractivity contribution in [2.75, 3.05) is 12.4 Å². The molecular formula is C13H15N3O. The lowest BCUT2D eigenvalue weighted by molar-refractivity contribution is 0.101. The van der Waals surface area contributed by atoms with Crippen molar-refractivity contribution in [3.05, 3.63) is 35.5 Å². The van der Waals surface area contributed by atoms with Gasteiger partial charge in [-0.15, -0.1) is 0 Å². The van der Waals surface area contributed by atoms with E-state index in [-0.39, 0.29) is 5.78 Å². The molecule has 0 aliphatic heterocycles. The van der Waals surface area contributed by atoms with Crippen LogP contribution in [0.4, 0.5) is 5.69 Å². The van der Waals surface area contributed by atoms with E-state index < -0.39 is 0 Å². The molecule has 2 aromatic rings. The van der Waals surface area contributed by atoms with Gasteiger partial charge < -0.3 is 5.32 Å². The summed E-state index contributed by atoms with van der Waals surface area (Å²) in [4.78, 5) is 11.6. The molecule has 0 atom stereocenters. The molecule has 1 heterocycles. The van der Waals surface area contributed by atoms with Gasteiger partial charge in [-0.05, 0) is 19.9 Å². The zero-order valence-electron chi connectivity index (χ0n) is 10.2. The average Bonchev–Trinajstić information content (AvgIpc) is 2.71. The maximum Gasteiger partial charge on any atom is 0.163 e. The minimum Gasteiger partial charge on any atom is -0.388 e. The molecule has 4 heteroatoms. The quantitative estimate of drug-likeness (QED) is 0.795. The van der Waals surface area contributed by atoms with E-state index in [9.17, 15) is 4.79 Å². The Bertz CT molecular complexity index is 558. The van der Waals surface area contributed by atoms with Crippen LogP contribution >= 0.6 is 0 Å². The first-order valence-corrected chi connectivity index (χ1v) is 5.48. The predicted molar refractivity (Wildman–Crippen MR) is 68.3 cm³/mol. The number of Topliss-reactive ketones (excluding diaryl/α,β-unsaturated/α-hetero) is 1. The standard InChI is InChI=1S/C13H15N3O/c1-8-12(9(2)17)13(16-15-8)10-6-4-5-7-11(10)14-3/h4-7,14H,1-3H3,(H,15,16). The third-order valence-electron chi connectivity index (χ3n) is 2.75. The van der Waals surface area contributed by atoms with Crippen molar-refractivity contribution in [1.82, 2.24) is 10.2 Å². The van der Waals surface area contributed by atoms with E-state index in [0.29, 0.717) is 11.3 Å². The fraction of sp³-hybridized carbons (Fsp3) is 0.231. The Morgan fingerprint density at radius 2 is 2.06 bits per heavy atom. The highest BCUT2D eigenvalue weighted by molar-refractivity contribution is 6.02. The van der Waals surface area contributed by atoms with Gasteiger partial charge in [-0.3, -0.25) is 9.89 Å². The van der Waals surface area contributed by atoms with Gasteiger partial charge >= 0.3 is 0 Å². The van der Waals surface area contributed by atoms with Crippen molar-refractivity contribution in [2.45, 2.75) is 13.8 Å². The van der Waals surface area contributed by atoms with Crippen LogP contribution in [0, 0.1) is 6.92 Å². The summed E-state index contributed by atoms with van der Waals surface area (Å²) in [5, 5.41) is 10.2.